The second-order valence-electron chi connectivity index (χ2n) is 3.44. The molecule has 1 heterocycles. The van der Waals surface area contributed by atoms with Crippen molar-refractivity contribution >= 4 is 0 Å². The van der Waals surface area contributed by atoms with Crippen LogP contribution in [0.25, 0.3) is 11.3 Å². The average molecular weight is 215 g/mol. The minimum absolute atomic E-state index is 0.0273. The lowest BCUT2D eigenvalue weighted by atomic mass is 10.1. The summed E-state index contributed by atoms with van der Waals surface area (Å²) in [4.78, 5) is 4.27. The van der Waals surface area contributed by atoms with E-state index in [-0.39, 0.29) is 6.61 Å². The maximum absolute atomic E-state index is 9.06. The molecule has 3 nitrogen and oxygen atoms in total. The number of aliphatic hydroxyl groups excluding tert-OH is 1. The Balaban J connectivity index is 2.41. The molecule has 0 radical (unpaired) electrons. The molecular formula is C13H13NO2. The van der Waals surface area contributed by atoms with E-state index in [0.717, 1.165) is 22.6 Å². The molecule has 0 aliphatic rings. The number of ether oxygens (including phenoxy) is 1. The number of nitrogens with zero attached hydrogens (tertiary/aromatic N) is 1. The zero-order chi connectivity index (χ0) is 11.4. The second kappa shape index (κ2) is 4.77. The van der Waals surface area contributed by atoms with Gasteiger partial charge in [-0.25, -0.2) is 0 Å². The first-order chi connectivity index (χ1) is 7.83. The Morgan fingerprint density at radius 3 is 2.88 bits per heavy atom. The fraction of sp³-hybridized carbons (Fsp3) is 0.154. The van der Waals surface area contributed by atoms with Crippen molar-refractivity contribution in [3.8, 4) is 17.0 Å². The van der Waals surface area contributed by atoms with E-state index in [2.05, 4.69) is 4.98 Å². The third kappa shape index (κ3) is 2.20. The van der Waals surface area contributed by atoms with Crippen LogP contribution in [0.5, 0.6) is 5.75 Å². The van der Waals surface area contributed by atoms with Crippen molar-refractivity contribution in [3.05, 3.63) is 48.2 Å². The topological polar surface area (TPSA) is 42.4 Å². The van der Waals surface area contributed by atoms with Crippen LogP contribution in [0.4, 0.5) is 0 Å². The van der Waals surface area contributed by atoms with Gasteiger partial charge in [0.2, 0.25) is 0 Å². The molecule has 0 saturated heterocycles. The summed E-state index contributed by atoms with van der Waals surface area (Å²) in [7, 11) is 1.64. The van der Waals surface area contributed by atoms with Crippen LogP contribution in [0.2, 0.25) is 0 Å². The highest BCUT2D eigenvalue weighted by atomic mass is 16.5. The number of methoxy groups -OCH3 is 1. The van der Waals surface area contributed by atoms with E-state index in [4.69, 9.17) is 9.84 Å². The normalized spacial score (nSPS) is 10.1. The van der Waals surface area contributed by atoms with Crippen LogP contribution in [0.1, 0.15) is 5.56 Å². The molecule has 0 spiro atoms. The number of rotatable bonds is 3. The second-order valence-corrected chi connectivity index (χ2v) is 3.44. The Kier molecular flexibility index (Phi) is 3.17. The van der Waals surface area contributed by atoms with Gasteiger partial charge in [0.15, 0.2) is 0 Å². The molecule has 1 aromatic carbocycles. The number of aromatic nitrogens is 1. The number of hydrogen-bond donors (Lipinski definition) is 1. The van der Waals surface area contributed by atoms with Crippen molar-refractivity contribution in [1.82, 2.24) is 4.98 Å². The Morgan fingerprint density at radius 1 is 1.25 bits per heavy atom. The highest BCUT2D eigenvalue weighted by Gasteiger charge is 2.01. The van der Waals surface area contributed by atoms with Crippen molar-refractivity contribution in [2.45, 2.75) is 6.61 Å². The molecule has 0 bridgehead atoms. The summed E-state index contributed by atoms with van der Waals surface area (Å²) in [6.45, 7) is 0.0273. The van der Waals surface area contributed by atoms with Gasteiger partial charge in [0.1, 0.15) is 5.75 Å². The molecule has 82 valence electrons. The maximum atomic E-state index is 9.06. The highest BCUT2D eigenvalue weighted by molar-refractivity contribution is 5.61. The quantitative estimate of drug-likeness (QED) is 0.853. The van der Waals surface area contributed by atoms with Gasteiger partial charge in [0, 0.05) is 11.8 Å². The molecule has 0 amide bonds. The van der Waals surface area contributed by atoms with E-state index in [1.54, 1.807) is 19.4 Å². The largest absolute Gasteiger partial charge is 0.497 e. The van der Waals surface area contributed by atoms with Crippen LogP contribution in [0.3, 0.4) is 0 Å². The standard InChI is InChI=1S/C13H13NO2/c1-16-12-4-2-3-11(8-12)13-7-10(9-15)5-6-14-13/h2-8,15H,9H2,1H3. The fourth-order valence-electron chi connectivity index (χ4n) is 1.51. The molecule has 0 fully saturated rings. The van der Waals surface area contributed by atoms with Gasteiger partial charge in [0.05, 0.1) is 19.4 Å². The van der Waals surface area contributed by atoms with E-state index >= 15 is 0 Å². The van der Waals surface area contributed by atoms with E-state index in [1.807, 2.05) is 30.3 Å². The maximum Gasteiger partial charge on any atom is 0.119 e. The van der Waals surface area contributed by atoms with Crippen LogP contribution in [0.15, 0.2) is 42.6 Å². The van der Waals surface area contributed by atoms with Gasteiger partial charge in [-0.3, -0.25) is 4.98 Å². The molecule has 0 atom stereocenters. The van der Waals surface area contributed by atoms with Crippen molar-refractivity contribution in [3.63, 3.8) is 0 Å². The summed E-state index contributed by atoms with van der Waals surface area (Å²) < 4.78 is 5.16. The number of pyridine rings is 1. The van der Waals surface area contributed by atoms with Crippen LogP contribution in [-0.4, -0.2) is 17.2 Å². The molecule has 0 unspecified atom stereocenters. The molecular weight excluding hydrogens is 202 g/mol. The van der Waals surface area contributed by atoms with Crippen molar-refractivity contribution in [2.75, 3.05) is 7.11 Å². The van der Waals surface area contributed by atoms with Gasteiger partial charge < -0.3 is 9.84 Å². The first kappa shape index (κ1) is 10.6. The van der Waals surface area contributed by atoms with Crippen molar-refractivity contribution < 1.29 is 9.84 Å². The molecule has 0 aliphatic heterocycles. The van der Waals surface area contributed by atoms with E-state index in [0.29, 0.717) is 0 Å². The third-order valence-corrected chi connectivity index (χ3v) is 2.37. The summed E-state index contributed by atoms with van der Waals surface area (Å²) in [5.41, 5.74) is 2.67. The lowest BCUT2D eigenvalue weighted by Crippen LogP contribution is -1.89. The van der Waals surface area contributed by atoms with Gasteiger partial charge in [0.25, 0.3) is 0 Å². The van der Waals surface area contributed by atoms with Gasteiger partial charge in [-0.1, -0.05) is 12.1 Å². The highest BCUT2D eigenvalue weighted by Crippen LogP contribution is 2.22. The molecule has 0 saturated carbocycles. The summed E-state index contributed by atoms with van der Waals surface area (Å²) in [6, 6.07) is 11.4. The molecule has 16 heavy (non-hydrogen) atoms. The molecule has 1 N–H and O–H groups in total. The van der Waals surface area contributed by atoms with Gasteiger partial charge in [-0.05, 0) is 29.8 Å². The molecule has 3 heteroatoms. The van der Waals surface area contributed by atoms with Crippen LogP contribution in [-0.2, 0) is 6.61 Å². The molecule has 2 aromatic rings. The van der Waals surface area contributed by atoms with Crippen LogP contribution < -0.4 is 4.74 Å². The molecule has 2 rings (SSSR count). The smallest absolute Gasteiger partial charge is 0.119 e. The Morgan fingerprint density at radius 2 is 2.12 bits per heavy atom. The monoisotopic (exact) mass is 215 g/mol. The van der Waals surface area contributed by atoms with E-state index in [1.165, 1.54) is 0 Å². The van der Waals surface area contributed by atoms with Gasteiger partial charge >= 0.3 is 0 Å². The zero-order valence-corrected chi connectivity index (χ0v) is 9.05. The van der Waals surface area contributed by atoms with E-state index in [9.17, 15) is 0 Å². The molecule has 1 aromatic heterocycles. The van der Waals surface area contributed by atoms with Crippen LogP contribution in [0, 0.1) is 0 Å². The summed E-state index contributed by atoms with van der Waals surface area (Å²) in [6.07, 6.45) is 1.69. The number of hydrogen-bond acceptors (Lipinski definition) is 3. The van der Waals surface area contributed by atoms with Crippen molar-refractivity contribution in [1.29, 1.82) is 0 Å². The summed E-state index contributed by atoms with van der Waals surface area (Å²) >= 11 is 0. The first-order valence-corrected chi connectivity index (χ1v) is 5.03. The van der Waals surface area contributed by atoms with Crippen LogP contribution >= 0.6 is 0 Å². The SMILES string of the molecule is COc1cccc(-c2cc(CO)ccn2)c1. The number of aliphatic hydroxyl groups is 1. The Hall–Kier alpha value is -1.87. The predicted octanol–water partition coefficient (Wildman–Crippen LogP) is 2.25. The van der Waals surface area contributed by atoms with E-state index < -0.39 is 0 Å². The lowest BCUT2D eigenvalue weighted by Gasteiger charge is -2.05. The fourth-order valence-corrected chi connectivity index (χ4v) is 1.51. The minimum atomic E-state index is 0.0273. The van der Waals surface area contributed by atoms with Crippen molar-refractivity contribution in [2.24, 2.45) is 0 Å². The minimum Gasteiger partial charge on any atom is -0.497 e. The lowest BCUT2D eigenvalue weighted by molar-refractivity contribution is 0.282. The Labute approximate surface area is 94.3 Å². The zero-order valence-electron chi connectivity index (χ0n) is 9.05. The first-order valence-electron chi connectivity index (χ1n) is 5.03. The molecule has 0 aliphatic carbocycles. The van der Waals surface area contributed by atoms with Gasteiger partial charge in [-0.15, -0.1) is 0 Å². The summed E-state index contributed by atoms with van der Waals surface area (Å²) in [5, 5.41) is 9.06. The average Bonchev–Trinajstić information content (AvgIpc) is 2.39. The Bertz CT molecular complexity index is 437. The third-order valence-electron chi connectivity index (χ3n) is 2.37. The predicted molar refractivity (Wildman–Crippen MR) is 62.1 cm³/mol. The number of benzene rings is 1. The summed E-state index contributed by atoms with van der Waals surface area (Å²) in [5.74, 6) is 0.800. The van der Waals surface area contributed by atoms with Gasteiger partial charge in [-0.2, -0.15) is 0 Å².